The van der Waals surface area contributed by atoms with Crippen LogP contribution in [0.3, 0.4) is 0 Å². The topological polar surface area (TPSA) is 9.23 Å². The van der Waals surface area contributed by atoms with Gasteiger partial charge in [-0.1, -0.05) is 30.3 Å². The van der Waals surface area contributed by atoms with Crippen molar-refractivity contribution >= 4 is 0 Å². The summed E-state index contributed by atoms with van der Waals surface area (Å²) in [6.07, 6.45) is -4.46. The van der Waals surface area contributed by atoms with Gasteiger partial charge in [-0.05, 0) is 59.2 Å². The maximum atomic E-state index is 14.6. The summed E-state index contributed by atoms with van der Waals surface area (Å²) >= 11 is 0. The van der Waals surface area contributed by atoms with E-state index in [4.69, 9.17) is 0 Å². The molecule has 0 aromatic heterocycles. The number of rotatable bonds is 5. The highest BCUT2D eigenvalue weighted by Gasteiger charge is 2.41. The molecule has 0 bridgehead atoms. The van der Waals surface area contributed by atoms with Crippen molar-refractivity contribution in [3.63, 3.8) is 0 Å². The Balaban J connectivity index is 1.61. The Labute approximate surface area is 187 Å². The van der Waals surface area contributed by atoms with Crippen LogP contribution in [0.15, 0.2) is 72.8 Å². The first-order valence-corrected chi connectivity index (χ1v) is 9.63. The summed E-state index contributed by atoms with van der Waals surface area (Å²) in [4.78, 5) is 0. The van der Waals surface area contributed by atoms with E-state index >= 15 is 0 Å². The molecule has 1 nitrogen and oxygen atoms in total. The normalized spacial score (nSPS) is 11.5. The zero-order valence-electron chi connectivity index (χ0n) is 16.9. The fraction of sp³-hybridized carbons (Fsp3) is 0.0400. The van der Waals surface area contributed by atoms with Crippen molar-refractivity contribution in [2.24, 2.45) is 0 Å². The number of alkyl halides is 2. The predicted octanol–water partition coefficient (Wildman–Crippen LogP) is 7.98. The zero-order chi connectivity index (χ0) is 24.6. The second-order valence-corrected chi connectivity index (χ2v) is 7.19. The highest BCUT2D eigenvalue weighted by atomic mass is 19.3. The fourth-order valence-electron chi connectivity index (χ4n) is 3.34. The Morgan fingerprint density at radius 1 is 0.529 bits per heavy atom. The van der Waals surface area contributed by atoms with E-state index in [0.29, 0.717) is 24.3 Å². The van der Waals surface area contributed by atoms with E-state index < -0.39 is 52.3 Å². The first kappa shape index (κ1) is 23.3. The second kappa shape index (κ2) is 8.81. The fourth-order valence-corrected chi connectivity index (χ4v) is 3.34. The smallest absolute Gasteiger partial charge is 0.429 e. The Bertz CT molecular complexity index is 1320. The molecule has 0 N–H and O–H groups in total. The first-order valence-electron chi connectivity index (χ1n) is 9.63. The van der Waals surface area contributed by atoms with Gasteiger partial charge in [0.25, 0.3) is 0 Å². The van der Waals surface area contributed by atoms with Crippen LogP contribution in [-0.2, 0) is 6.11 Å². The third-order valence-corrected chi connectivity index (χ3v) is 4.94. The van der Waals surface area contributed by atoms with Gasteiger partial charge < -0.3 is 4.74 Å². The van der Waals surface area contributed by atoms with Crippen molar-refractivity contribution in [1.29, 1.82) is 0 Å². The molecule has 0 saturated carbocycles. The SMILES string of the molecule is Fc1ccccc1-c1cc(F)c(C(F)(F)Oc2ccc(-c3cc(F)c(F)c(F)c3)cc2)c(F)c1. The molecule has 0 unspecified atom stereocenters. The van der Waals surface area contributed by atoms with Crippen LogP contribution in [0.1, 0.15) is 5.56 Å². The monoisotopic (exact) mass is 480 g/mol. The Kier molecular flexibility index (Phi) is 6.03. The lowest BCUT2D eigenvalue weighted by molar-refractivity contribution is -0.189. The van der Waals surface area contributed by atoms with Crippen LogP contribution in [0, 0.1) is 34.9 Å². The van der Waals surface area contributed by atoms with Crippen molar-refractivity contribution in [3.05, 3.63) is 113 Å². The lowest BCUT2D eigenvalue weighted by Crippen LogP contribution is -2.25. The molecule has 4 aromatic rings. The summed E-state index contributed by atoms with van der Waals surface area (Å²) in [5, 5.41) is 0. The quantitative estimate of drug-likeness (QED) is 0.208. The Morgan fingerprint density at radius 3 is 1.62 bits per heavy atom. The molecular weight excluding hydrogens is 468 g/mol. The molecule has 0 heterocycles. The van der Waals surface area contributed by atoms with Crippen LogP contribution in [0.25, 0.3) is 22.3 Å². The molecule has 0 aliphatic carbocycles. The first-order chi connectivity index (χ1) is 16.1. The molecule has 0 saturated heterocycles. The lowest BCUT2D eigenvalue weighted by atomic mass is 10.0. The van der Waals surface area contributed by atoms with Crippen LogP contribution in [-0.4, -0.2) is 0 Å². The van der Waals surface area contributed by atoms with E-state index in [2.05, 4.69) is 4.74 Å². The van der Waals surface area contributed by atoms with Crippen molar-refractivity contribution in [2.45, 2.75) is 6.11 Å². The van der Waals surface area contributed by atoms with Crippen LogP contribution >= 0.6 is 0 Å². The molecular formula is C25H12F8O. The van der Waals surface area contributed by atoms with Crippen LogP contribution < -0.4 is 4.74 Å². The minimum atomic E-state index is -4.46. The molecule has 0 atom stereocenters. The Hall–Kier alpha value is -3.88. The van der Waals surface area contributed by atoms with Crippen LogP contribution in [0.2, 0.25) is 0 Å². The highest BCUT2D eigenvalue weighted by molar-refractivity contribution is 5.65. The van der Waals surface area contributed by atoms with E-state index in [1.807, 2.05) is 0 Å². The standard InChI is InChI=1S/C25H12F8O/c26-18-4-2-1-3-17(18)15-11-19(27)23(20(28)12-15)25(32,33)34-16-7-5-13(6-8-16)14-9-21(29)24(31)22(30)10-14/h1-12H. The summed E-state index contributed by atoms with van der Waals surface area (Å²) in [7, 11) is 0. The largest absolute Gasteiger partial charge is 0.432 e. The molecule has 34 heavy (non-hydrogen) atoms. The maximum absolute atomic E-state index is 14.6. The average molecular weight is 480 g/mol. The molecule has 4 rings (SSSR count). The van der Waals surface area contributed by atoms with E-state index in [-0.39, 0.29) is 22.3 Å². The minimum Gasteiger partial charge on any atom is -0.429 e. The van der Waals surface area contributed by atoms with Gasteiger partial charge in [0.15, 0.2) is 17.5 Å². The van der Waals surface area contributed by atoms with Gasteiger partial charge in [0.05, 0.1) is 0 Å². The molecule has 0 aliphatic heterocycles. The van der Waals surface area contributed by atoms with Gasteiger partial charge in [-0.2, -0.15) is 8.78 Å². The van der Waals surface area contributed by atoms with Gasteiger partial charge in [-0.3, -0.25) is 0 Å². The van der Waals surface area contributed by atoms with Gasteiger partial charge in [0.1, 0.15) is 28.8 Å². The molecule has 4 aromatic carbocycles. The summed E-state index contributed by atoms with van der Waals surface area (Å²) in [5.74, 6) is -9.16. The third-order valence-electron chi connectivity index (χ3n) is 4.94. The molecule has 9 heteroatoms. The number of hydrogen-bond donors (Lipinski definition) is 0. The Morgan fingerprint density at radius 2 is 1.06 bits per heavy atom. The van der Waals surface area contributed by atoms with Gasteiger partial charge in [0, 0.05) is 5.56 Å². The molecule has 0 aliphatic rings. The number of hydrogen-bond acceptors (Lipinski definition) is 1. The van der Waals surface area contributed by atoms with E-state index in [0.717, 1.165) is 30.3 Å². The maximum Gasteiger partial charge on any atom is 0.432 e. The molecule has 0 amide bonds. The van der Waals surface area contributed by atoms with E-state index in [9.17, 15) is 35.1 Å². The molecule has 0 spiro atoms. The number of ether oxygens (including phenoxy) is 1. The molecule has 0 fully saturated rings. The van der Waals surface area contributed by atoms with E-state index in [1.165, 1.54) is 18.2 Å². The van der Waals surface area contributed by atoms with Gasteiger partial charge in [-0.25, -0.2) is 26.3 Å². The van der Waals surface area contributed by atoms with E-state index in [1.54, 1.807) is 0 Å². The summed E-state index contributed by atoms with van der Waals surface area (Å²) < 4.78 is 117. The summed E-state index contributed by atoms with van der Waals surface area (Å²) in [5.41, 5.74) is -2.08. The van der Waals surface area contributed by atoms with Crippen LogP contribution in [0.4, 0.5) is 35.1 Å². The van der Waals surface area contributed by atoms with Crippen LogP contribution in [0.5, 0.6) is 5.75 Å². The summed E-state index contributed by atoms with van der Waals surface area (Å²) in [6.45, 7) is 0. The van der Waals surface area contributed by atoms with Gasteiger partial charge >= 0.3 is 6.11 Å². The number of benzene rings is 4. The zero-order valence-corrected chi connectivity index (χ0v) is 16.9. The summed E-state index contributed by atoms with van der Waals surface area (Å²) in [6, 6.07) is 11.9. The second-order valence-electron chi connectivity index (χ2n) is 7.19. The van der Waals surface area contributed by atoms with Crippen molar-refractivity contribution in [3.8, 4) is 28.0 Å². The molecule has 0 radical (unpaired) electrons. The van der Waals surface area contributed by atoms with Gasteiger partial charge in [-0.15, -0.1) is 0 Å². The predicted molar refractivity (Wildman–Crippen MR) is 108 cm³/mol. The minimum absolute atomic E-state index is 0.0736. The molecule has 174 valence electrons. The van der Waals surface area contributed by atoms with Crippen molar-refractivity contribution in [2.75, 3.05) is 0 Å². The average Bonchev–Trinajstić information content (AvgIpc) is 2.77. The van der Waals surface area contributed by atoms with Crippen molar-refractivity contribution < 1.29 is 39.9 Å². The number of halogens is 8. The van der Waals surface area contributed by atoms with Gasteiger partial charge in [0.2, 0.25) is 0 Å². The lowest BCUT2D eigenvalue weighted by Gasteiger charge is -2.20. The third kappa shape index (κ3) is 4.46. The van der Waals surface area contributed by atoms with Crippen molar-refractivity contribution in [1.82, 2.24) is 0 Å². The highest BCUT2D eigenvalue weighted by Crippen LogP contribution is 2.38.